The molecule has 0 fully saturated rings. The van der Waals surface area contributed by atoms with Gasteiger partial charge in [-0.25, -0.2) is 0 Å². The molecule has 80 valence electrons. The summed E-state index contributed by atoms with van der Waals surface area (Å²) in [7, 11) is 1.53. The van der Waals surface area contributed by atoms with Crippen molar-refractivity contribution >= 4 is 17.3 Å². The lowest BCUT2D eigenvalue weighted by Crippen LogP contribution is -2.09. The third kappa shape index (κ3) is 2.49. The van der Waals surface area contributed by atoms with Crippen molar-refractivity contribution in [2.24, 2.45) is 0 Å². The van der Waals surface area contributed by atoms with Gasteiger partial charge in [0, 0.05) is 11.8 Å². The molecule has 0 unspecified atom stereocenters. The van der Waals surface area contributed by atoms with E-state index in [-0.39, 0.29) is 5.91 Å². The molecule has 1 rings (SSSR count). The van der Waals surface area contributed by atoms with Gasteiger partial charge in [-0.2, -0.15) is 0 Å². The summed E-state index contributed by atoms with van der Waals surface area (Å²) in [6.45, 7) is 5.23. The van der Waals surface area contributed by atoms with E-state index in [1.807, 2.05) is 6.92 Å². The van der Waals surface area contributed by atoms with Gasteiger partial charge in [0.25, 0.3) is 0 Å². The van der Waals surface area contributed by atoms with E-state index in [0.29, 0.717) is 17.1 Å². The van der Waals surface area contributed by atoms with Crippen LogP contribution in [0.15, 0.2) is 24.8 Å². The number of nitrogens with two attached hydrogens (primary N) is 1. The predicted molar refractivity (Wildman–Crippen MR) is 61.0 cm³/mol. The minimum absolute atomic E-state index is 0.259. The van der Waals surface area contributed by atoms with E-state index in [1.165, 1.54) is 13.2 Å². The largest absolute Gasteiger partial charge is 0.495 e. The maximum Gasteiger partial charge on any atom is 0.247 e. The molecule has 0 radical (unpaired) electrons. The van der Waals surface area contributed by atoms with Crippen molar-refractivity contribution in [2.75, 3.05) is 18.2 Å². The summed E-state index contributed by atoms with van der Waals surface area (Å²) < 4.78 is 5.05. The Morgan fingerprint density at radius 2 is 2.27 bits per heavy atom. The van der Waals surface area contributed by atoms with Crippen molar-refractivity contribution in [2.45, 2.75) is 6.92 Å². The Labute approximate surface area is 88.7 Å². The van der Waals surface area contributed by atoms with Crippen molar-refractivity contribution in [3.05, 3.63) is 30.4 Å². The summed E-state index contributed by atoms with van der Waals surface area (Å²) in [6, 6.07) is 3.43. The zero-order valence-corrected chi connectivity index (χ0v) is 8.83. The highest BCUT2D eigenvalue weighted by atomic mass is 16.5. The zero-order chi connectivity index (χ0) is 11.4. The monoisotopic (exact) mass is 206 g/mol. The van der Waals surface area contributed by atoms with E-state index in [9.17, 15) is 4.79 Å². The number of amides is 1. The highest BCUT2D eigenvalue weighted by molar-refractivity contribution is 5.99. The van der Waals surface area contributed by atoms with Gasteiger partial charge in [-0.1, -0.05) is 6.58 Å². The van der Waals surface area contributed by atoms with Crippen LogP contribution < -0.4 is 15.8 Å². The Bertz CT molecular complexity index is 400. The molecule has 0 aliphatic heterocycles. The van der Waals surface area contributed by atoms with Crippen LogP contribution in [0.5, 0.6) is 5.75 Å². The van der Waals surface area contributed by atoms with E-state index < -0.39 is 0 Å². The second-order valence-electron chi connectivity index (χ2n) is 3.10. The van der Waals surface area contributed by atoms with Crippen LogP contribution >= 0.6 is 0 Å². The molecule has 0 saturated carbocycles. The second-order valence-corrected chi connectivity index (χ2v) is 3.10. The number of methoxy groups -OCH3 is 1. The fraction of sp³-hybridized carbons (Fsp3) is 0.182. The van der Waals surface area contributed by atoms with Crippen molar-refractivity contribution < 1.29 is 9.53 Å². The average Bonchev–Trinajstić information content (AvgIpc) is 2.21. The van der Waals surface area contributed by atoms with Crippen molar-refractivity contribution in [3.63, 3.8) is 0 Å². The predicted octanol–water partition coefficient (Wildman–Crippen LogP) is 1.71. The van der Waals surface area contributed by atoms with Crippen LogP contribution in [0, 0.1) is 6.92 Å². The number of rotatable bonds is 3. The summed E-state index contributed by atoms with van der Waals surface area (Å²) >= 11 is 0. The first-order chi connectivity index (χ1) is 7.08. The molecule has 0 saturated heterocycles. The lowest BCUT2D eigenvalue weighted by Gasteiger charge is -2.11. The number of anilines is 2. The van der Waals surface area contributed by atoms with Crippen LogP contribution in [0.1, 0.15) is 5.56 Å². The van der Waals surface area contributed by atoms with Crippen LogP contribution in [0.25, 0.3) is 0 Å². The van der Waals surface area contributed by atoms with Gasteiger partial charge in [-0.05, 0) is 24.6 Å². The lowest BCUT2D eigenvalue weighted by molar-refractivity contribution is -0.111. The molecule has 4 nitrogen and oxygen atoms in total. The van der Waals surface area contributed by atoms with E-state index >= 15 is 0 Å². The summed E-state index contributed by atoms with van der Waals surface area (Å²) in [5.41, 5.74) is 7.80. The molecule has 1 aromatic rings. The molecular weight excluding hydrogens is 192 g/mol. The normalized spacial score (nSPS) is 9.47. The second kappa shape index (κ2) is 4.50. The number of benzene rings is 1. The minimum atomic E-state index is -0.259. The Morgan fingerprint density at radius 3 is 2.80 bits per heavy atom. The third-order valence-electron chi connectivity index (χ3n) is 2.02. The van der Waals surface area contributed by atoms with Crippen molar-refractivity contribution in [3.8, 4) is 5.75 Å². The molecule has 1 amide bonds. The van der Waals surface area contributed by atoms with E-state index in [2.05, 4.69) is 11.9 Å². The third-order valence-corrected chi connectivity index (χ3v) is 2.02. The van der Waals surface area contributed by atoms with E-state index in [0.717, 1.165) is 5.56 Å². The zero-order valence-electron chi connectivity index (χ0n) is 8.83. The number of carbonyl (C=O) groups is 1. The summed E-state index contributed by atoms with van der Waals surface area (Å²) in [6.07, 6.45) is 1.21. The quantitative estimate of drug-likeness (QED) is 0.584. The number of hydrogen-bond acceptors (Lipinski definition) is 3. The van der Waals surface area contributed by atoms with Crippen molar-refractivity contribution in [1.82, 2.24) is 0 Å². The van der Waals surface area contributed by atoms with Crippen molar-refractivity contribution in [1.29, 1.82) is 0 Å². The Balaban J connectivity index is 3.07. The SMILES string of the molecule is C=CC(=O)Nc1cc(OC)c(N)cc1C. The van der Waals surface area contributed by atoms with E-state index in [4.69, 9.17) is 10.5 Å². The van der Waals surface area contributed by atoms with Crippen LogP contribution in [-0.2, 0) is 4.79 Å². The summed E-state index contributed by atoms with van der Waals surface area (Å²) in [5.74, 6) is 0.282. The summed E-state index contributed by atoms with van der Waals surface area (Å²) in [5, 5.41) is 2.67. The molecule has 0 aromatic heterocycles. The molecule has 0 bridgehead atoms. The van der Waals surface area contributed by atoms with Crippen LogP contribution in [0.4, 0.5) is 11.4 Å². The highest BCUT2D eigenvalue weighted by Gasteiger charge is 2.06. The number of nitrogen functional groups attached to an aromatic ring is 1. The van der Waals surface area contributed by atoms with Gasteiger partial charge >= 0.3 is 0 Å². The minimum Gasteiger partial charge on any atom is -0.495 e. The number of hydrogen-bond donors (Lipinski definition) is 2. The average molecular weight is 206 g/mol. The topological polar surface area (TPSA) is 64.3 Å². The van der Waals surface area contributed by atoms with Gasteiger partial charge in [-0.15, -0.1) is 0 Å². The van der Waals surface area contributed by atoms with Crippen LogP contribution in [-0.4, -0.2) is 13.0 Å². The highest BCUT2D eigenvalue weighted by Crippen LogP contribution is 2.28. The number of nitrogens with one attached hydrogen (secondary N) is 1. The van der Waals surface area contributed by atoms with Gasteiger partial charge in [0.05, 0.1) is 12.8 Å². The van der Waals surface area contributed by atoms with Gasteiger partial charge in [0.1, 0.15) is 5.75 Å². The first kappa shape index (κ1) is 11.1. The molecule has 0 atom stereocenters. The molecule has 1 aromatic carbocycles. The van der Waals surface area contributed by atoms with Crippen LogP contribution in [0.2, 0.25) is 0 Å². The number of aryl methyl sites for hydroxylation is 1. The first-order valence-corrected chi connectivity index (χ1v) is 4.46. The molecule has 15 heavy (non-hydrogen) atoms. The Hall–Kier alpha value is -1.97. The van der Waals surface area contributed by atoms with Gasteiger partial charge in [0.15, 0.2) is 0 Å². The van der Waals surface area contributed by atoms with Gasteiger partial charge < -0.3 is 15.8 Å². The van der Waals surface area contributed by atoms with Gasteiger partial charge in [-0.3, -0.25) is 4.79 Å². The first-order valence-electron chi connectivity index (χ1n) is 4.46. The summed E-state index contributed by atoms with van der Waals surface area (Å²) in [4.78, 5) is 11.1. The molecule has 0 aliphatic carbocycles. The molecular formula is C11H14N2O2. The maximum atomic E-state index is 11.1. The number of carbonyl (C=O) groups excluding carboxylic acids is 1. The molecule has 0 heterocycles. The molecule has 0 spiro atoms. The van der Waals surface area contributed by atoms with Crippen LogP contribution in [0.3, 0.4) is 0 Å². The molecule has 3 N–H and O–H groups in total. The fourth-order valence-corrected chi connectivity index (χ4v) is 1.21. The molecule has 4 heteroatoms. The lowest BCUT2D eigenvalue weighted by atomic mass is 10.1. The van der Waals surface area contributed by atoms with Gasteiger partial charge in [0.2, 0.25) is 5.91 Å². The standard InChI is InChI=1S/C11H14N2O2/c1-4-11(14)13-9-6-10(15-3)8(12)5-7(9)2/h4-6H,1,12H2,2-3H3,(H,13,14). The Kier molecular flexibility index (Phi) is 3.33. The molecule has 0 aliphatic rings. The Morgan fingerprint density at radius 1 is 1.60 bits per heavy atom. The smallest absolute Gasteiger partial charge is 0.247 e. The maximum absolute atomic E-state index is 11.1. The van der Waals surface area contributed by atoms with E-state index in [1.54, 1.807) is 12.1 Å². The fourth-order valence-electron chi connectivity index (χ4n) is 1.21. The number of ether oxygens (including phenoxy) is 1.